The molecule has 4 nitrogen and oxygen atoms in total. The normalized spacial score (nSPS) is 11.8. The number of amides is 1. The summed E-state index contributed by atoms with van der Waals surface area (Å²) in [6.45, 7) is 1.79. The molecule has 15 heavy (non-hydrogen) atoms. The van der Waals surface area contributed by atoms with Crippen LogP contribution in [0.1, 0.15) is 28.6 Å². The van der Waals surface area contributed by atoms with Crippen LogP contribution in [0.2, 0.25) is 0 Å². The van der Waals surface area contributed by atoms with Crippen LogP contribution in [0.4, 0.5) is 0 Å². The van der Waals surface area contributed by atoms with Crippen LogP contribution in [-0.2, 0) is 0 Å². The summed E-state index contributed by atoms with van der Waals surface area (Å²) in [5, 5.41) is 22.0. The van der Waals surface area contributed by atoms with Gasteiger partial charge in [0.1, 0.15) is 10.9 Å². The summed E-state index contributed by atoms with van der Waals surface area (Å²) in [6, 6.07) is 3.32. The molecule has 0 aliphatic heterocycles. The van der Waals surface area contributed by atoms with Crippen LogP contribution in [0.25, 0.3) is 0 Å². The van der Waals surface area contributed by atoms with Gasteiger partial charge >= 0.3 is 0 Å². The first-order valence-electron chi connectivity index (χ1n) is 4.62. The van der Waals surface area contributed by atoms with Crippen LogP contribution in [0.3, 0.4) is 0 Å². The number of aliphatic hydroxyl groups excluding tert-OH is 1. The number of hydrogen-bond acceptors (Lipinski definition) is 4. The Morgan fingerprint density at radius 3 is 3.07 bits per heavy atom. The van der Waals surface area contributed by atoms with E-state index in [0.717, 1.165) is 0 Å². The fraction of sp³-hybridized carbons (Fsp3) is 0.400. The van der Waals surface area contributed by atoms with E-state index < -0.39 is 0 Å². The highest BCUT2D eigenvalue weighted by Crippen LogP contribution is 2.15. The number of nitrogens with zero attached hydrogens (tertiary/aromatic N) is 1. The lowest BCUT2D eigenvalue weighted by Gasteiger charge is -2.12. The topological polar surface area (TPSA) is 73.1 Å². The third-order valence-corrected chi connectivity index (χ3v) is 2.95. The number of carbonyl (C=O) groups is 1. The molecule has 0 fully saturated rings. The van der Waals surface area contributed by atoms with Gasteiger partial charge in [0.25, 0.3) is 5.91 Å². The smallest absolute Gasteiger partial charge is 0.263 e. The van der Waals surface area contributed by atoms with Gasteiger partial charge < -0.3 is 10.4 Å². The van der Waals surface area contributed by atoms with E-state index >= 15 is 0 Å². The number of hydrogen-bond donors (Lipinski definition) is 2. The molecule has 80 valence electrons. The molecule has 0 aromatic carbocycles. The minimum Gasteiger partial charge on any atom is -0.394 e. The quantitative estimate of drug-likeness (QED) is 0.805. The average Bonchev–Trinajstić information content (AvgIpc) is 2.73. The maximum atomic E-state index is 11.7. The summed E-state index contributed by atoms with van der Waals surface area (Å²) in [7, 11) is 0. The summed E-state index contributed by atoms with van der Waals surface area (Å²) in [5.41, 5.74) is 0.380. The molecule has 0 radical (unpaired) electrons. The third-order valence-electron chi connectivity index (χ3n) is 2.04. The molecule has 0 spiro atoms. The highest BCUT2D eigenvalue weighted by atomic mass is 32.1. The van der Waals surface area contributed by atoms with Crippen molar-refractivity contribution in [2.24, 2.45) is 0 Å². The predicted molar refractivity (Wildman–Crippen MR) is 57.7 cm³/mol. The SMILES string of the molecule is CCC(CO)NC(=O)c1sccc1C#N. The second-order valence-corrected chi connectivity index (χ2v) is 3.95. The van der Waals surface area contributed by atoms with Gasteiger partial charge in [-0.15, -0.1) is 11.3 Å². The highest BCUT2D eigenvalue weighted by Gasteiger charge is 2.15. The van der Waals surface area contributed by atoms with Gasteiger partial charge in [-0.3, -0.25) is 4.79 Å². The molecule has 1 aromatic rings. The number of nitrogens with one attached hydrogen (secondary N) is 1. The van der Waals surface area contributed by atoms with Gasteiger partial charge in [-0.25, -0.2) is 0 Å². The van der Waals surface area contributed by atoms with E-state index in [9.17, 15) is 4.79 Å². The van der Waals surface area contributed by atoms with Crippen LogP contribution < -0.4 is 5.32 Å². The first-order chi connectivity index (χ1) is 7.22. The van der Waals surface area contributed by atoms with E-state index in [4.69, 9.17) is 10.4 Å². The maximum absolute atomic E-state index is 11.7. The van der Waals surface area contributed by atoms with Gasteiger partial charge in [0.15, 0.2) is 0 Å². The maximum Gasteiger partial charge on any atom is 0.263 e. The van der Waals surface area contributed by atoms with Crippen LogP contribution in [0.15, 0.2) is 11.4 Å². The van der Waals surface area contributed by atoms with Crippen molar-refractivity contribution in [2.45, 2.75) is 19.4 Å². The molecule has 0 bridgehead atoms. The Morgan fingerprint density at radius 2 is 2.53 bits per heavy atom. The van der Waals surface area contributed by atoms with E-state index in [1.165, 1.54) is 11.3 Å². The molecule has 1 aromatic heterocycles. The Balaban J connectivity index is 2.74. The Kier molecular flexibility index (Phi) is 4.28. The number of nitriles is 1. The lowest BCUT2D eigenvalue weighted by molar-refractivity contribution is 0.0919. The van der Waals surface area contributed by atoms with Gasteiger partial charge in [0.05, 0.1) is 18.2 Å². The minimum atomic E-state index is -0.289. The number of rotatable bonds is 4. The third kappa shape index (κ3) is 2.78. The van der Waals surface area contributed by atoms with E-state index in [1.807, 2.05) is 13.0 Å². The van der Waals surface area contributed by atoms with Crippen molar-refractivity contribution in [1.82, 2.24) is 5.32 Å². The molecule has 5 heteroatoms. The van der Waals surface area contributed by atoms with Gasteiger partial charge in [-0.1, -0.05) is 6.92 Å². The van der Waals surface area contributed by atoms with Crippen molar-refractivity contribution >= 4 is 17.2 Å². The summed E-state index contributed by atoms with van der Waals surface area (Å²) in [4.78, 5) is 12.1. The van der Waals surface area contributed by atoms with E-state index in [2.05, 4.69) is 5.32 Å². The number of carbonyl (C=O) groups excluding carboxylic acids is 1. The molecule has 0 saturated heterocycles. The second-order valence-electron chi connectivity index (χ2n) is 3.04. The van der Waals surface area contributed by atoms with Crippen LogP contribution >= 0.6 is 11.3 Å². The van der Waals surface area contributed by atoms with Crippen LogP contribution in [0, 0.1) is 11.3 Å². The van der Waals surface area contributed by atoms with Crippen molar-refractivity contribution in [3.63, 3.8) is 0 Å². The molecule has 1 heterocycles. The van der Waals surface area contributed by atoms with E-state index in [1.54, 1.807) is 11.4 Å². The lowest BCUT2D eigenvalue weighted by atomic mass is 10.2. The van der Waals surface area contributed by atoms with Crippen LogP contribution in [-0.4, -0.2) is 23.7 Å². The predicted octanol–water partition coefficient (Wildman–Crippen LogP) is 1.12. The molecule has 1 unspecified atom stereocenters. The minimum absolute atomic E-state index is 0.0878. The summed E-state index contributed by atoms with van der Waals surface area (Å²) >= 11 is 1.23. The summed E-state index contributed by atoms with van der Waals surface area (Å²) in [5.74, 6) is -0.289. The molecule has 1 rings (SSSR count). The fourth-order valence-corrected chi connectivity index (χ4v) is 1.85. The zero-order valence-electron chi connectivity index (χ0n) is 8.36. The molecule has 1 amide bonds. The van der Waals surface area contributed by atoms with Gasteiger partial charge in [-0.05, 0) is 17.9 Å². The van der Waals surface area contributed by atoms with Crippen molar-refractivity contribution in [3.8, 4) is 6.07 Å². The van der Waals surface area contributed by atoms with E-state index in [0.29, 0.717) is 16.9 Å². The molecule has 1 atom stereocenters. The molecule has 2 N–H and O–H groups in total. The number of thiophene rings is 1. The van der Waals surface area contributed by atoms with Gasteiger partial charge in [-0.2, -0.15) is 5.26 Å². The zero-order valence-corrected chi connectivity index (χ0v) is 9.17. The molecule has 0 aliphatic carbocycles. The average molecular weight is 224 g/mol. The Labute approximate surface area is 92.2 Å². The van der Waals surface area contributed by atoms with Crippen molar-refractivity contribution in [1.29, 1.82) is 5.26 Å². The Bertz CT molecular complexity index is 377. The largest absolute Gasteiger partial charge is 0.394 e. The Hall–Kier alpha value is -1.38. The Morgan fingerprint density at radius 1 is 1.80 bits per heavy atom. The first kappa shape index (κ1) is 11.7. The van der Waals surface area contributed by atoms with Crippen molar-refractivity contribution in [2.75, 3.05) is 6.61 Å². The standard InChI is InChI=1S/C10H12N2O2S/c1-2-8(6-13)12-10(14)9-7(5-11)3-4-15-9/h3-4,8,13H,2,6H2,1H3,(H,12,14). The van der Waals surface area contributed by atoms with Crippen LogP contribution in [0.5, 0.6) is 0 Å². The zero-order chi connectivity index (χ0) is 11.3. The van der Waals surface area contributed by atoms with Gasteiger partial charge in [0.2, 0.25) is 0 Å². The summed E-state index contributed by atoms with van der Waals surface area (Å²) in [6.07, 6.45) is 0.662. The van der Waals surface area contributed by atoms with Crippen molar-refractivity contribution < 1.29 is 9.90 Å². The van der Waals surface area contributed by atoms with Gasteiger partial charge in [0, 0.05) is 0 Å². The number of aliphatic hydroxyl groups is 1. The fourth-order valence-electron chi connectivity index (χ4n) is 1.10. The van der Waals surface area contributed by atoms with Crippen molar-refractivity contribution in [3.05, 3.63) is 21.9 Å². The molecular weight excluding hydrogens is 212 g/mol. The molecule has 0 aliphatic rings. The molecular formula is C10H12N2O2S. The lowest BCUT2D eigenvalue weighted by Crippen LogP contribution is -2.36. The highest BCUT2D eigenvalue weighted by molar-refractivity contribution is 7.12. The second kappa shape index (κ2) is 5.49. The van der Waals surface area contributed by atoms with E-state index in [-0.39, 0.29) is 18.6 Å². The molecule has 0 saturated carbocycles. The monoisotopic (exact) mass is 224 g/mol. The first-order valence-corrected chi connectivity index (χ1v) is 5.50. The summed E-state index contributed by atoms with van der Waals surface area (Å²) < 4.78 is 0.